The molecule has 0 bridgehead atoms. The molecule has 1 saturated heterocycles. The monoisotopic (exact) mass is 234 g/mol. The normalized spacial score (nSPS) is 29.3. The minimum atomic E-state index is -0.348. The van der Waals surface area contributed by atoms with E-state index in [4.69, 9.17) is 9.47 Å². The Kier molecular flexibility index (Phi) is 3.92. The van der Waals surface area contributed by atoms with Gasteiger partial charge >= 0.3 is 0 Å². The number of benzene rings is 1. The van der Waals surface area contributed by atoms with E-state index in [2.05, 4.69) is 0 Å². The van der Waals surface area contributed by atoms with Crippen LogP contribution < -0.4 is 0 Å². The van der Waals surface area contributed by atoms with Crippen molar-refractivity contribution in [2.75, 3.05) is 0 Å². The van der Waals surface area contributed by atoms with Gasteiger partial charge in [0.15, 0.2) is 12.1 Å². The summed E-state index contributed by atoms with van der Waals surface area (Å²) in [4.78, 5) is 11.6. The number of carbonyl (C=O) groups is 1. The van der Waals surface area contributed by atoms with Gasteiger partial charge in [0.1, 0.15) is 6.10 Å². The highest BCUT2D eigenvalue weighted by Crippen LogP contribution is 2.22. The van der Waals surface area contributed by atoms with E-state index in [1.54, 1.807) is 6.92 Å². The number of Topliss-reactive ketones (excluding diaryl/α,β-unsaturated/α-hetero) is 1. The summed E-state index contributed by atoms with van der Waals surface area (Å²) in [6.07, 6.45) is 0.0353. The van der Waals surface area contributed by atoms with E-state index in [-0.39, 0.29) is 24.1 Å². The molecule has 2 rings (SSSR count). The molecule has 0 spiro atoms. The highest BCUT2D eigenvalue weighted by atomic mass is 16.7. The number of hydrogen-bond acceptors (Lipinski definition) is 3. The first-order valence-electron chi connectivity index (χ1n) is 6.01. The molecular weight excluding hydrogens is 216 g/mol. The van der Waals surface area contributed by atoms with E-state index in [1.165, 1.54) is 0 Å². The number of hydrogen-bond donors (Lipinski definition) is 0. The summed E-state index contributed by atoms with van der Waals surface area (Å²) >= 11 is 0. The Hall–Kier alpha value is -1.19. The van der Waals surface area contributed by atoms with Crippen molar-refractivity contribution < 1.29 is 14.3 Å². The molecular formula is C14H18O3. The molecule has 1 aliphatic heterocycles. The zero-order chi connectivity index (χ0) is 12.3. The van der Waals surface area contributed by atoms with Crippen LogP contribution in [0.2, 0.25) is 0 Å². The van der Waals surface area contributed by atoms with E-state index in [0.29, 0.717) is 13.0 Å². The first-order chi connectivity index (χ1) is 8.16. The topological polar surface area (TPSA) is 35.5 Å². The van der Waals surface area contributed by atoms with Gasteiger partial charge in [-0.2, -0.15) is 0 Å². The third-order valence-corrected chi connectivity index (χ3v) is 3.07. The van der Waals surface area contributed by atoms with Gasteiger partial charge in [0, 0.05) is 12.3 Å². The summed E-state index contributed by atoms with van der Waals surface area (Å²) in [5, 5.41) is 0. The number of ether oxygens (including phenoxy) is 2. The molecule has 1 aromatic rings. The second-order valence-electron chi connectivity index (χ2n) is 4.54. The fourth-order valence-electron chi connectivity index (χ4n) is 2.03. The van der Waals surface area contributed by atoms with Gasteiger partial charge in [-0.15, -0.1) is 0 Å². The van der Waals surface area contributed by atoms with Crippen LogP contribution in [-0.2, 0) is 20.9 Å². The predicted octanol–water partition coefficient (Wildman–Crippen LogP) is 2.54. The predicted molar refractivity (Wildman–Crippen MR) is 64.4 cm³/mol. The van der Waals surface area contributed by atoms with Crippen molar-refractivity contribution in [3.63, 3.8) is 0 Å². The molecule has 0 radical (unpaired) electrons. The van der Waals surface area contributed by atoms with Gasteiger partial charge in [-0.25, -0.2) is 0 Å². The van der Waals surface area contributed by atoms with Crippen molar-refractivity contribution in [1.29, 1.82) is 0 Å². The van der Waals surface area contributed by atoms with Gasteiger partial charge < -0.3 is 9.47 Å². The standard InChI is InChI=1S/C14H18O3/c1-10-8-13(17-11(2)14(10)15)16-9-12-6-4-3-5-7-12/h3-7,10-11,13H,8-9H2,1-2H3/t10-,11-,13-/m0/s1. The maximum absolute atomic E-state index is 11.6. The maximum Gasteiger partial charge on any atom is 0.164 e. The summed E-state index contributed by atoms with van der Waals surface area (Å²) < 4.78 is 11.2. The third kappa shape index (κ3) is 3.14. The van der Waals surface area contributed by atoms with Crippen LogP contribution in [0, 0.1) is 5.92 Å². The van der Waals surface area contributed by atoms with Crippen molar-refractivity contribution >= 4 is 5.78 Å². The van der Waals surface area contributed by atoms with Crippen LogP contribution in [0.15, 0.2) is 30.3 Å². The lowest BCUT2D eigenvalue weighted by molar-refractivity contribution is -0.204. The molecule has 0 aromatic heterocycles. The highest BCUT2D eigenvalue weighted by molar-refractivity contribution is 5.85. The Bertz CT molecular complexity index is 360. The molecule has 1 fully saturated rings. The van der Waals surface area contributed by atoms with Crippen molar-refractivity contribution in [1.82, 2.24) is 0 Å². The number of rotatable bonds is 3. The van der Waals surface area contributed by atoms with Gasteiger partial charge in [-0.05, 0) is 12.5 Å². The molecule has 3 atom stereocenters. The van der Waals surface area contributed by atoms with Crippen molar-refractivity contribution in [2.45, 2.75) is 39.3 Å². The summed E-state index contributed by atoms with van der Waals surface area (Å²) in [6.45, 7) is 4.25. The minimum absolute atomic E-state index is 0.0273. The van der Waals surface area contributed by atoms with E-state index in [0.717, 1.165) is 5.56 Å². The average molecular weight is 234 g/mol. The fraction of sp³-hybridized carbons (Fsp3) is 0.500. The van der Waals surface area contributed by atoms with Crippen LogP contribution in [0.3, 0.4) is 0 Å². The Labute approximate surface area is 102 Å². The zero-order valence-corrected chi connectivity index (χ0v) is 10.3. The summed E-state index contributed by atoms with van der Waals surface area (Å²) in [5.41, 5.74) is 1.12. The van der Waals surface area contributed by atoms with Crippen molar-refractivity contribution in [3.05, 3.63) is 35.9 Å². The summed E-state index contributed by atoms with van der Waals surface area (Å²) in [6, 6.07) is 9.97. The lowest BCUT2D eigenvalue weighted by atomic mass is 9.96. The Morgan fingerprint density at radius 1 is 1.29 bits per heavy atom. The van der Waals surface area contributed by atoms with Gasteiger partial charge in [0.25, 0.3) is 0 Å². The first kappa shape index (κ1) is 12.3. The van der Waals surface area contributed by atoms with Gasteiger partial charge in [0.2, 0.25) is 0 Å². The zero-order valence-electron chi connectivity index (χ0n) is 10.3. The van der Waals surface area contributed by atoms with Crippen LogP contribution in [0.1, 0.15) is 25.8 Å². The number of carbonyl (C=O) groups excluding carboxylic acids is 1. The molecule has 0 N–H and O–H groups in total. The first-order valence-corrected chi connectivity index (χ1v) is 6.01. The van der Waals surface area contributed by atoms with Gasteiger partial charge in [0.05, 0.1) is 6.61 Å². The maximum atomic E-state index is 11.6. The van der Waals surface area contributed by atoms with Gasteiger partial charge in [-0.3, -0.25) is 4.79 Å². The van der Waals surface area contributed by atoms with Crippen LogP contribution >= 0.6 is 0 Å². The SMILES string of the molecule is C[C@@H]1O[C@H](OCc2ccccc2)C[C@H](C)C1=O. The minimum Gasteiger partial charge on any atom is -0.348 e. The molecule has 0 aliphatic carbocycles. The van der Waals surface area contributed by atoms with Crippen LogP contribution in [0.25, 0.3) is 0 Å². The molecule has 3 nitrogen and oxygen atoms in total. The number of ketones is 1. The van der Waals surface area contributed by atoms with E-state index in [1.807, 2.05) is 37.3 Å². The van der Waals surface area contributed by atoms with Crippen LogP contribution in [0.4, 0.5) is 0 Å². The van der Waals surface area contributed by atoms with Crippen molar-refractivity contribution in [2.24, 2.45) is 5.92 Å². The Morgan fingerprint density at radius 2 is 2.00 bits per heavy atom. The molecule has 1 aromatic carbocycles. The van der Waals surface area contributed by atoms with E-state index >= 15 is 0 Å². The highest BCUT2D eigenvalue weighted by Gasteiger charge is 2.32. The third-order valence-electron chi connectivity index (χ3n) is 3.07. The smallest absolute Gasteiger partial charge is 0.164 e. The average Bonchev–Trinajstić information content (AvgIpc) is 2.34. The molecule has 0 saturated carbocycles. The molecule has 92 valence electrons. The second-order valence-corrected chi connectivity index (χ2v) is 4.54. The summed E-state index contributed by atoms with van der Waals surface area (Å²) in [5.74, 6) is 0.198. The second kappa shape index (κ2) is 5.43. The molecule has 1 aliphatic rings. The van der Waals surface area contributed by atoms with E-state index in [9.17, 15) is 4.79 Å². The molecule has 1 heterocycles. The Balaban J connectivity index is 1.86. The van der Waals surface area contributed by atoms with Crippen LogP contribution in [-0.4, -0.2) is 18.2 Å². The molecule has 0 amide bonds. The molecule has 17 heavy (non-hydrogen) atoms. The van der Waals surface area contributed by atoms with E-state index < -0.39 is 0 Å². The summed E-state index contributed by atoms with van der Waals surface area (Å²) in [7, 11) is 0. The van der Waals surface area contributed by atoms with Gasteiger partial charge in [-0.1, -0.05) is 37.3 Å². The quantitative estimate of drug-likeness (QED) is 0.806. The molecule has 3 heteroatoms. The lowest BCUT2D eigenvalue weighted by Gasteiger charge is -2.30. The molecule has 0 unspecified atom stereocenters. The van der Waals surface area contributed by atoms with Crippen molar-refractivity contribution in [3.8, 4) is 0 Å². The fourth-order valence-corrected chi connectivity index (χ4v) is 2.03. The lowest BCUT2D eigenvalue weighted by Crippen LogP contribution is -2.39. The Morgan fingerprint density at radius 3 is 2.65 bits per heavy atom. The van der Waals surface area contributed by atoms with Crippen LogP contribution in [0.5, 0.6) is 0 Å². The largest absolute Gasteiger partial charge is 0.348 e.